The van der Waals surface area contributed by atoms with Crippen LogP contribution in [0.2, 0.25) is 0 Å². The van der Waals surface area contributed by atoms with Crippen molar-refractivity contribution in [1.29, 1.82) is 0 Å². The normalized spacial score (nSPS) is 14.1. The van der Waals surface area contributed by atoms with E-state index in [1.807, 2.05) is 0 Å². The molecule has 0 unspecified atom stereocenters. The maximum atomic E-state index is 12.7. The molecule has 0 aromatic heterocycles. The SMILES string of the molecule is CO[As]=C(C(=O)OC(C)(C)C)c1ccccc1CON1C(=O)c2ccccc2C1=O. The van der Waals surface area contributed by atoms with Crippen LogP contribution in [0.1, 0.15) is 52.6 Å². The number of ether oxygens (including phenoxy) is 1. The number of fused-ring (bicyclic) bond motifs is 1. The number of amides is 2. The molecule has 0 saturated heterocycles. The van der Waals surface area contributed by atoms with Crippen molar-refractivity contribution in [2.24, 2.45) is 0 Å². The van der Waals surface area contributed by atoms with E-state index in [1.54, 1.807) is 69.3 Å². The predicted molar refractivity (Wildman–Crippen MR) is 111 cm³/mol. The summed E-state index contributed by atoms with van der Waals surface area (Å²) in [4.78, 5) is 43.3. The average molecular weight is 471 g/mol. The first-order valence-electron chi connectivity index (χ1n) is 9.26. The van der Waals surface area contributed by atoms with Crippen LogP contribution in [0, 0.1) is 0 Å². The summed E-state index contributed by atoms with van der Waals surface area (Å²) in [6, 6.07) is 13.7. The fourth-order valence-corrected chi connectivity index (χ4v) is 4.21. The molecule has 1 heterocycles. The van der Waals surface area contributed by atoms with Crippen molar-refractivity contribution in [1.82, 2.24) is 5.06 Å². The zero-order chi connectivity index (χ0) is 21.9. The fourth-order valence-electron chi connectivity index (χ4n) is 2.91. The zero-order valence-corrected chi connectivity index (χ0v) is 19.0. The van der Waals surface area contributed by atoms with Crippen molar-refractivity contribution >= 4 is 37.7 Å². The van der Waals surface area contributed by atoms with Crippen molar-refractivity contribution < 1.29 is 27.7 Å². The van der Waals surface area contributed by atoms with E-state index in [0.29, 0.717) is 26.6 Å². The molecule has 8 heteroatoms. The summed E-state index contributed by atoms with van der Waals surface area (Å²) in [6.45, 7) is 5.31. The van der Waals surface area contributed by atoms with E-state index >= 15 is 0 Å². The third-order valence-corrected chi connectivity index (χ3v) is 5.81. The number of hydroxylamine groups is 2. The number of hydrogen-bond donors (Lipinski definition) is 0. The summed E-state index contributed by atoms with van der Waals surface area (Å²) in [5, 5.41) is 0.763. The van der Waals surface area contributed by atoms with Crippen molar-refractivity contribution in [2.45, 2.75) is 33.0 Å². The first-order chi connectivity index (χ1) is 14.2. The molecular formula is C22H22AsNO6. The van der Waals surface area contributed by atoms with Crippen LogP contribution in [0.5, 0.6) is 0 Å². The molecule has 0 spiro atoms. The zero-order valence-electron chi connectivity index (χ0n) is 17.2. The maximum absolute atomic E-state index is 12.7. The molecule has 0 fully saturated rings. The van der Waals surface area contributed by atoms with Crippen molar-refractivity contribution in [2.75, 3.05) is 7.11 Å². The van der Waals surface area contributed by atoms with E-state index in [0.717, 1.165) is 5.06 Å². The molecule has 1 aliphatic heterocycles. The summed E-state index contributed by atoms with van der Waals surface area (Å²) in [5.41, 5.74) is 1.22. The molecule has 7 nitrogen and oxygen atoms in total. The molecule has 2 aromatic carbocycles. The Hall–Kier alpha value is -2.60. The van der Waals surface area contributed by atoms with Gasteiger partial charge >= 0.3 is 181 Å². The number of nitrogens with zero attached hydrogens (tertiary/aromatic N) is 1. The Labute approximate surface area is 181 Å². The topological polar surface area (TPSA) is 82.1 Å². The number of rotatable bonds is 6. The first-order valence-corrected chi connectivity index (χ1v) is 11.0. The summed E-state index contributed by atoms with van der Waals surface area (Å²) < 4.78 is 11.2. The van der Waals surface area contributed by atoms with Gasteiger partial charge < -0.3 is 0 Å². The number of benzene rings is 2. The molecule has 2 amide bonds. The van der Waals surface area contributed by atoms with Gasteiger partial charge in [0, 0.05) is 0 Å². The molecule has 1 aliphatic rings. The van der Waals surface area contributed by atoms with Gasteiger partial charge in [0.2, 0.25) is 0 Å². The summed E-state index contributed by atoms with van der Waals surface area (Å²) in [5.74, 6) is -1.47. The van der Waals surface area contributed by atoms with Gasteiger partial charge in [-0.25, -0.2) is 0 Å². The Morgan fingerprint density at radius 2 is 1.53 bits per heavy atom. The van der Waals surface area contributed by atoms with E-state index < -0.39 is 39.0 Å². The van der Waals surface area contributed by atoms with E-state index in [1.165, 1.54) is 7.11 Å². The van der Waals surface area contributed by atoms with Crippen LogP contribution in [0.25, 0.3) is 0 Å². The Bertz CT molecular complexity index is 989. The van der Waals surface area contributed by atoms with Gasteiger partial charge in [0.15, 0.2) is 0 Å². The van der Waals surface area contributed by atoms with E-state index in [4.69, 9.17) is 13.3 Å². The van der Waals surface area contributed by atoms with Crippen LogP contribution < -0.4 is 0 Å². The van der Waals surface area contributed by atoms with Crippen LogP contribution in [-0.2, 0) is 24.7 Å². The Morgan fingerprint density at radius 1 is 0.967 bits per heavy atom. The second kappa shape index (κ2) is 9.04. The minimum absolute atomic E-state index is 0.0707. The second-order valence-electron chi connectivity index (χ2n) is 7.51. The van der Waals surface area contributed by atoms with Crippen molar-refractivity contribution in [3.05, 3.63) is 70.8 Å². The van der Waals surface area contributed by atoms with E-state index in [9.17, 15) is 14.4 Å². The Balaban J connectivity index is 1.84. The Morgan fingerprint density at radius 3 is 2.10 bits per heavy atom. The standard InChI is InChI=1S/C22H22AsNO6/c1-22(2,3)30-21(27)18(23-28-4)15-10-6-5-9-14(15)13-29-24-19(25)16-11-7-8-12-17(16)20(24)26/h5-12H,13H2,1-4H3. The van der Waals surface area contributed by atoms with Crippen LogP contribution in [0.3, 0.4) is 0 Å². The number of hydrogen-bond acceptors (Lipinski definition) is 6. The molecular weight excluding hydrogens is 449 g/mol. The van der Waals surface area contributed by atoms with Crippen LogP contribution in [0.15, 0.2) is 48.5 Å². The molecule has 0 atom stereocenters. The van der Waals surface area contributed by atoms with Gasteiger partial charge in [0.25, 0.3) is 0 Å². The molecule has 0 bridgehead atoms. The monoisotopic (exact) mass is 471 g/mol. The third kappa shape index (κ3) is 4.75. The number of carbonyl (C=O) groups is 3. The minimum atomic E-state index is -0.904. The Kier molecular flexibility index (Phi) is 6.66. The third-order valence-electron chi connectivity index (χ3n) is 4.15. The predicted octanol–water partition coefficient (Wildman–Crippen LogP) is 2.54. The van der Waals surface area contributed by atoms with Gasteiger partial charge in [-0.15, -0.1) is 0 Å². The average Bonchev–Trinajstić information content (AvgIpc) is 2.94. The van der Waals surface area contributed by atoms with E-state index in [-0.39, 0.29) is 6.61 Å². The van der Waals surface area contributed by atoms with E-state index in [2.05, 4.69) is 0 Å². The quantitative estimate of drug-likeness (QED) is 0.366. The summed E-state index contributed by atoms with van der Waals surface area (Å²) in [7, 11) is 1.53. The molecule has 30 heavy (non-hydrogen) atoms. The van der Waals surface area contributed by atoms with Crippen LogP contribution in [-0.4, -0.2) is 55.5 Å². The molecule has 156 valence electrons. The van der Waals surface area contributed by atoms with Gasteiger partial charge in [-0.1, -0.05) is 0 Å². The van der Waals surface area contributed by atoms with Crippen molar-refractivity contribution in [3.8, 4) is 0 Å². The molecule has 0 radical (unpaired) electrons. The molecule has 0 saturated carbocycles. The number of imide groups is 1. The van der Waals surface area contributed by atoms with Gasteiger partial charge in [-0.05, 0) is 0 Å². The number of carbonyl (C=O) groups excluding carboxylic acids is 3. The molecule has 0 aliphatic carbocycles. The fraction of sp³-hybridized carbons (Fsp3) is 0.273. The second-order valence-corrected chi connectivity index (χ2v) is 9.59. The van der Waals surface area contributed by atoms with Gasteiger partial charge in [0.1, 0.15) is 0 Å². The van der Waals surface area contributed by atoms with Gasteiger partial charge in [0.05, 0.1) is 0 Å². The van der Waals surface area contributed by atoms with Gasteiger partial charge in [-0.2, -0.15) is 0 Å². The molecule has 0 N–H and O–H groups in total. The number of esters is 1. The summed E-state index contributed by atoms with van der Waals surface area (Å²) >= 11 is -0.904. The first kappa shape index (κ1) is 22.1. The molecule has 2 aromatic rings. The van der Waals surface area contributed by atoms with Crippen LogP contribution >= 0.6 is 0 Å². The van der Waals surface area contributed by atoms with Crippen molar-refractivity contribution in [3.63, 3.8) is 0 Å². The summed E-state index contributed by atoms with van der Waals surface area (Å²) in [6.07, 6.45) is 0. The van der Waals surface area contributed by atoms with Crippen LogP contribution in [0.4, 0.5) is 0 Å². The van der Waals surface area contributed by atoms with Gasteiger partial charge in [-0.3, -0.25) is 0 Å². The molecule has 3 rings (SSSR count).